The van der Waals surface area contributed by atoms with Crippen LogP contribution < -0.4 is 5.48 Å². The lowest BCUT2D eigenvalue weighted by Crippen LogP contribution is -2.40. The van der Waals surface area contributed by atoms with Crippen molar-refractivity contribution >= 4 is 22.9 Å². The zero-order valence-electron chi connectivity index (χ0n) is 21.4. The van der Waals surface area contributed by atoms with Crippen LogP contribution in [0.15, 0.2) is 54.4 Å². The van der Waals surface area contributed by atoms with E-state index in [0.717, 1.165) is 51.2 Å². The third kappa shape index (κ3) is 5.36. The van der Waals surface area contributed by atoms with Gasteiger partial charge in [-0.05, 0) is 49.6 Å². The van der Waals surface area contributed by atoms with Crippen molar-refractivity contribution in [3.63, 3.8) is 0 Å². The van der Waals surface area contributed by atoms with E-state index in [0.29, 0.717) is 18.8 Å². The maximum Gasteiger partial charge on any atom is 0.435 e. The standard InChI is InChI=1S/C26H25F3N8O2S/c1-16-9-23(26(27,28)29)33-36(16)12-24(38)35-7-5-17(6-8-35)25-32-21(13-40-25)20-11-22(39-34-20)18-3-2-4-19(10-18)37-15-30-14-31-37/h2-4,9-11,13-15,17,22,34H,5-8,12H2,1H3. The quantitative estimate of drug-likeness (QED) is 0.369. The Labute approximate surface area is 231 Å². The molecule has 5 heterocycles. The molecule has 40 heavy (non-hydrogen) atoms. The van der Waals surface area contributed by atoms with E-state index in [2.05, 4.69) is 20.7 Å². The number of amides is 1. The van der Waals surface area contributed by atoms with Gasteiger partial charge in [0.1, 0.15) is 25.3 Å². The maximum atomic E-state index is 12.9. The number of hydroxylamine groups is 1. The summed E-state index contributed by atoms with van der Waals surface area (Å²) in [6.45, 7) is 2.33. The molecule has 14 heteroatoms. The summed E-state index contributed by atoms with van der Waals surface area (Å²) in [5.41, 5.74) is 5.73. The second kappa shape index (κ2) is 10.5. The highest BCUT2D eigenvalue weighted by Gasteiger charge is 2.35. The first-order chi connectivity index (χ1) is 19.2. The first kappa shape index (κ1) is 26.2. The molecular weight excluding hydrogens is 545 g/mol. The smallest absolute Gasteiger partial charge is 0.341 e. The van der Waals surface area contributed by atoms with E-state index in [-0.39, 0.29) is 24.5 Å². The number of nitrogens with zero attached hydrogens (tertiary/aromatic N) is 7. The summed E-state index contributed by atoms with van der Waals surface area (Å²) < 4.78 is 41.6. The molecule has 1 atom stereocenters. The second-order valence-corrected chi connectivity index (χ2v) is 10.6. The Morgan fingerprint density at radius 1 is 1.23 bits per heavy atom. The van der Waals surface area contributed by atoms with Crippen LogP contribution in [-0.2, 0) is 22.4 Å². The lowest BCUT2D eigenvalue weighted by Gasteiger charge is -2.31. The molecule has 1 unspecified atom stereocenters. The topological polar surface area (TPSA) is 103 Å². The van der Waals surface area contributed by atoms with E-state index < -0.39 is 11.9 Å². The number of piperidine rings is 1. The van der Waals surface area contributed by atoms with Crippen LogP contribution in [-0.4, -0.2) is 53.4 Å². The Morgan fingerprint density at radius 3 is 2.77 bits per heavy atom. The number of aryl methyl sites for hydroxylation is 1. The van der Waals surface area contributed by atoms with Crippen LogP contribution in [0.5, 0.6) is 0 Å². The average Bonchev–Trinajstić information content (AvgIpc) is 3.76. The normalized spacial score (nSPS) is 18.1. The van der Waals surface area contributed by atoms with Crippen LogP contribution in [0.1, 0.15) is 52.5 Å². The van der Waals surface area contributed by atoms with Gasteiger partial charge in [-0.2, -0.15) is 23.4 Å². The molecule has 0 bridgehead atoms. The summed E-state index contributed by atoms with van der Waals surface area (Å²) in [6, 6.07) is 8.81. The van der Waals surface area contributed by atoms with Gasteiger partial charge < -0.3 is 4.90 Å². The molecule has 3 aromatic heterocycles. The second-order valence-electron chi connectivity index (χ2n) is 9.71. The fourth-order valence-corrected chi connectivity index (χ4v) is 5.84. The highest BCUT2D eigenvalue weighted by molar-refractivity contribution is 7.09. The summed E-state index contributed by atoms with van der Waals surface area (Å²) in [5, 5.41) is 10.7. The summed E-state index contributed by atoms with van der Waals surface area (Å²) in [6.07, 6.45) is 1.74. The number of nitrogens with one attached hydrogen (secondary N) is 1. The minimum Gasteiger partial charge on any atom is -0.341 e. The molecule has 1 saturated heterocycles. The molecule has 6 rings (SSSR count). The molecule has 1 aromatic carbocycles. The number of hydrogen-bond donors (Lipinski definition) is 1. The lowest BCUT2D eigenvalue weighted by molar-refractivity contribution is -0.142. The summed E-state index contributed by atoms with van der Waals surface area (Å²) in [5.74, 6) is -0.0428. The Morgan fingerprint density at radius 2 is 2.05 bits per heavy atom. The molecule has 1 N–H and O–H groups in total. The molecule has 0 radical (unpaired) electrons. The van der Waals surface area contributed by atoms with E-state index in [1.54, 1.807) is 27.2 Å². The fraction of sp³-hybridized carbons (Fsp3) is 0.346. The van der Waals surface area contributed by atoms with Gasteiger partial charge in [0.2, 0.25) is 5.91 Å². The molecule has 1 fully saturated rings. The van der Waals surface area contributed by atoms with Gasteiger partial charge in [0.05, 0.1) is 22.1 Å². The van der Waals surface area contributed by atoms with E-state index in [9.17, 15) is 18.0 Å². The van der Waals surface area contributed by atoms with Crippen molar-refractivity contribution in [1.29, 1.82) is 0 Å². The molecule has 0 spiro atoms. The van der Waals surface area contributed by atoms with Gasteiger partial charge in [0.15, 0.2) is 5.69 Å². The van der Waals surface area contributed by atoms with E-state index in [1.165, 1.54) is 13.3 Å². The summed E-state index contributed by atoms with van der Waals surface area (Å²) in [4.78, 5) is 29.1. The van der Waals surface area contributed by atoms with Crippen LogP contribution in [0.25, 0.3) is 11.4 Å². The first-order valence-electron chi connectivity index (χ1n) is 12.7. The molecule has 1 amide bonds. The van der Waals surface area contributed by atoms with Crippen molar-refractivity contribution in [2.75, 3.05) is 13.1 Å². The van der Waals surface area contributed by atoms with Crippen LogP contribution in [0.3, 0.4) is 0 Å². The summed E-state index contributed by atoms with van der Waals surface area (Å²) >= 11 is 1.57. The van der Waals surface area contributed by atoms with Crippen LogP contribution in [0.4, 0.5) is 13.2 Å². The van der Waals surface area contributed by atoms with Crippen molar-refractivity contribution in [1.82, 2.24) is 39.9 Å². The number of thiazole rings is 1. The number of likely N-dealkylation sites (tertiary alicyclic amines) is 1. The zero-order valence-corrected chi connectivity index (χ0v) is 22.2. The highest BCUT2D eigenvalue weighted by atomic mass is 32.1. The number of rotatable bonds is 6. The third-order valence-corrected chi connectivity index (χ3v) is 8.05. The monoisotopic (exact) mass is 570 g/mol. The molecule has 208 valence electrons. The minimum absolute atomic E-state index is 0.198. The third-order valence-electron chi connectivity index (χ3n) is 7.05. The molecule has 0 aliphatic carbocycles. The molecule has 10 nitrogen and oxygen atoms in total. The van der Waals surface area contributed by atoms with Gasteiger partial charge in [-0.15, -0.1) is 11.3 Å². The predicted molar refractivity (Wildman–Crippen MR) is 139 cm³/mol. The maximum absolute atomic E-state index is 12.9. The predicted octanol–water partition coefficient (Wildman–Crippen LogP) is 4.27. The van der Waals surface area contributed by atoms with Crippen molar-refractivity contribution in [3.05, 3.63) is 82.1 Å². The van der Waals surface area contributed by atoms with E-state index in [4.69, 9.17) is 9.82 Å². The molecule has 0 saturated carbocycles. The fourth-order valence-electron chi connectivity index (χ4n) is 4.85. The Bertz CT molecular complexity index is 1540. The number of halogens is 3. The number of aromatic nitrogens is 6. The van der Waals surface area contributed by atoms with Crippen molar-refractivity contribution < 1.29 is 22.8 Å². The van der Waals surface area contributed by atoms with Crippen molar-refractivity contribution in [2.24, 2.45) is 0 Å². The molecule has 2 aliphatic heterocycles. The number of carbonyl (C=O) groups excluding carboxylic acids is 1. The SMILES string of the molecule is Cc1cc(C(F)(F)F)nn1CC(=O)N1CCC(c2nc(C3=CC(c4cccc(-n5cncn5)c4)ON3)cs2)CC1. The van der Waals surface area contributed by atoms with Gasteiger partial charge in [-0.25, -0.2) is 14.6 Å². The van der Waals surface area contributed by atoms with Crippen LogP contribution in [0.2, 0.25) is 0 Å². The first-order valence-corrected chi connectivity index (χ1v) is 13.6. The van der Waals surface area contributed by atoms with Gasteiger partial charge in [-0.3, -0.25) is 19.8 Å². The van der Waals surface area contributed by atoms with Gasteiger partial charge in [0, 0.05) is 30.1 Å². The van der Waals surface area contributed by atoms with E-state index >= 15 is 0 Å². The van der Waals surface area contributed by atoms with Gasteiger partial charge in [0.25, 0.3) is 0 Å². The average molecular weight is 571 g/mol. The van der Waals surface area contributed by atoms with Crippen LogP contribution in [0, 0.1) is 6.92 Å². The number of alkyl halides is 3. The summed E-state index contributed by atoms with van der Waals surface area (Å²) in [7, 11) is 0. The molecule has 2 aliphatic rings. The largest absolute Gasteiger partial charge is 0.435 e. The minimum atomic E-state index is -4.54. The lowest BCUT2D eigenvalue weighted by atomic mass is 9.97. The van der Waals surface area contributed by atoms with Crippen molar-refractivity contribution in [3.8, 4) is 5.69 Å². The van der Waals surface area contributed by atoms with Gasteiger partial charge in [-0.1, -0.05) is 12.1 Å². The van der Waals surface area contributed by atoms with Gasteiger partial charge >= 0.3 is 6.18 Å². The number of benzene rings is 1. The molecular formula is C26H25F3N8O2S. The van der Waals surface area contributed by atoms with Crippen molar-refractivity contribution in [2.45, 2.75) is 44.5 Å². The highest BCUT2D eigenvalue weighted by Crippen LogP contribution is 2.34. The molecule has 4 aromatic rings. The Hall–Kier alpha value is -4.04. The Balaban J connectivity index is 1.06. The zero-order chi connectivity index (χ0) is 27.9. The Kier molecular flexibility index (Phi) is 6.88. The number of hydrogen-bond acceptors (Lipinski definition) is 8. The number of carbonyl (C=O) groups is 1. The van der Waals surface area contributed by atoms with Crippen LogP contribution >= 0.6 is 11.3 Å². The van der Waals surface area contributed by atoms with E-state index in [1.807, 2.05) is 35.7 Å².